The Balaban J connectivity index is 1.84. The molecular weight excluding hydrogens is 398 g/mol. The lowest BCUT2D eigenvalue weighted by Gasteiger charge is -2.10. The van der Waals surface area contributed by atoms with E-state index in [1.54, 1.807) is 18.9 Å². The van der Waals surface area contributed by atoms with E-state index in [-0.39, 0.29) is 0 Å². The van der Waals surface area contributed by atoms with Crippen LogP contribution in [0.3, 0.4) is 0 Å². The Labute approximate surface area is 160 Å². The molecule has 0 spiro atoms. The van der Waals surface area contributed by atoms with Crippen molar-refractivity contribution in [2.75, 3.05) is 13.7 Å². The summed E-state index contributed by atoms with van der Waals surface area (Å²) in [4.78, 5) is 0. The molecule has 0 aliphatic heterocycles. The Morgan fingerprint density at radius 2 is 1.92 bits per heavy atom. The fourth-order valence-electron chi connectivity index (χ4n) is 2.51. The molecule has 0 saturated heterocycles. The molecule has 4 nitrogen and oxygen atoms in total. The van der Waals surface area contributed by atoms with Gasteiger partial charge in [0.05, 0.1) is 13.2 Å². The van der Waals surface area contributed by atoms with E-state index in [0.29, 0.717) is 6.61 Å². The van der Waals surface area contributed by atoms with Gasteiger partial charge in [0.2, 0.25) is 0 Å². The first-order valence-corrected chi connectivity index (χ1v) is 9.81. The van der Waals surface area contributed by atoms with Crippen LogP contribution in [-0.4, -0.2) is 28.5 Å². The standard InChI is InChI=1S/C19H20BrN3OS/c1-14-4-3-5-16(12-14)18-21-22-19(23(18)10-11-24-2)25-13-15-6-8-17(20)9-7-15/h3-9,12H,10-11,13H2,1-2H3. The Hall–Kier alpha value is -1.63. The smallest absolute Gasteiger partial charge is 0.191 e. The van der Waals surface area contributed by atoms with Crippen LogP contribution in [0.1, 0.15) is 11.1 Å². The molecule has 1 heterocycles. The maximum Gasteiger partial charge on any atom is 0.191 e. The zero-order valence-electron chi connectivity index (χ0n) is 14.3. The Kier molecular flexibility index (Phi) is 6.29. The Bertz CT molecular complexity index is 833. The fourth-order valence-corrected chi connectivity index (χ4v) is 3.69. The van der Waals surface area contributed by atoms with Gasteiger partial charge in [0, 0.05) is 22.9 Å². The largest absolute Gasteiger partial charge is 0.383 e. The molecule has 25 heavy (non-hydrogen) atoms. The fraction of sp³-hybridized carbons (Fsp3) is 0.263. The van der Waals surface area contributed by atoms with Crippen molar-refractivity contribution in [1.29, 1.82) is 0 Å². The lowest BCUT2D eigenvalue weighted by atomic mass is 10.1. The second-order valence-electron chi connectivity index (χ2n) is 5.74. The molecule has 3 aromatic rings. The van der Waals surface area contributed by atoms with Gasteiger partial charge in [-0.05, 0) is 30.7 Å². The third-order valence-electron chi connectivity index (χ3n) is 3.79. The van der Waals surface area contributed by atoms with Gasteiger partial charge in [0.15, 0.2) is 11.0 Å². The number of nitrogens with zero attached hydrogens (tertiary/aromatic N) is 3. The molecule has 0 unspecified atom stereocenters. The number of aromatic nitrogens is 3. The summed E-state index contributed by atoms with van der Waals surface area (Å²) in [5.74, 6) is 1.74. The minimum Gasteiger partial charge on any atom is -0.383 e. The molecule has 0 saturated carbocycles. The number of hydrogen-bond donors (Lipinski definition) is 0. The topological polar surface area (TPSA) is 39.9 Å². The number of benzene rings is 2. The van der Waals surface area contributed by atoms with Gasteiger partial charge in [-0.15, -0.1) is 10.2 Å². The van der Waals surface area contributed by atoms with Gasteiger partial charge in [0.1, 0.15) is 0 Å². The molecule has 0 amide bonds. The maximum absolute atomic E-state index is 5.27. The van der Waals surface area contributed by atoms with Gasteiger partial charge < -0.3 is 4.74 Å². The van der Waals surface area contributed by atoms with Crippen LogP contribution in [0.25, 0.3) is 11.4 Å². The van der Waals surface area contributed by atoms with E-state index in [2.05, 4.69) is 86.1 Å². The molecule has 0 atom stereocenters. The number of aryl methyl sites for hydroxylation is 1. The summed E-state index contributed by atoms with van der Waals surface area (Å²) < 4.78 is 8.50. The predicted octanol–water partition coefficient (Wildman–Crippen LogP) is 4.95. The van der Waals surface area contributed by atoms with E-state index >= 15 is 0 Å². The van der Waals surface area contributed by atoms with Crippen LogP contribution in [0.15, 0.2) is 58.2 Å². The molecule has 0 radical (unpaired) electrons. The summed E-state index contributed by atoms with van der Waals surface area (Å²) in [6.45, 7) is 3.45. The highest BCUT2D eigenvalue weighted by Crippen LogP contribution is 2.27. The quantitative estimate of drug-likeness (QED) is 0.509. The lowest BCUT2D eigenvalue weighted by molar-refractivity contribution is 0.185. The Morgan fingerprint density at radius 3 is 2.64 bits per heavy atom. The second-order valence-corrected chi connectivity index (χ2v) is 7.59. The van der Waals surface area contributed by atoms with Gasteiger partial charge >= 0.3 is 0 Å². The van der Waals surface area contributed by atoms with Gasteiger partial charge in [0.25, 0.3) is 0 Å². The van der Waals surface area contributed by atoms with Crippen LogP contribution >= 0.6 is 27.7 Å². The molecule has 6 heteroatoms. The van der Waals surface area contributed by atoms with Crippen molar-refractivity contribution in [2.24, 2.45) is 0 Å². The first-order chi connectivity index (χ1) is 12.2. The number of ether oxygens (including phenoxy) is 1. The molecule has 0 N–H and O–H groups in total. The second kappa shape index (κ2) is 8.65. The molecule has 3 rings (SSSR count). The van der Waals surface area contributed by atoms with Crippen molar-refractivity contribution >= 4 is 27.7 Å². The first kappa shape index (κ1) is 18.2. The minimum absolute atomic E-state index is 0.628. The lowest BCUT2D eigenvalue weighted by Crippen LogP contribution is -2.07. The van der Waals surface area contributed by atoms with Crippen LogP contribution in [0, 0.1) is 6.92 Å². The average molecular weight is 418 g/mol. The highest BCUT2D eigenvalue weighted by molar-refractivity contribution is 9.10. The first-order valence-electron chi connectivity index (χ1n) is 8.04. The van der Waals surface area contributed by atoms with Crippen molar-refractivity contribution in [2.45, 2.75) is 24.4 Å². The van der Waals surface area contributed by atoms with Crippen LogP contribution in [0.5, 0.6) is 0 Å². The number of halogens is 1. The summed E-state index contributed by atoms with van der Waals surface area (Å²) in [6.07, 6.45) is 0. The number of methoxy groups -OCH3 is 1. The highest BCUT2D eigenvalue weighted by Gasteiger charge is 2.14. The molecule has 2 aromatic carbocycles. The van der Waals surface area contributed by atoms with Gasteiger partial charge in [-0.1, -0.05) is 63.6 Å². The molecule has 0 fully saturated rings. The third kappa shape index (κ3) is 4.71. The van der Waals surface area contributed by atoms with E-state index in [4.69, 9.17) is 4.74 Å². The monoisotopic (exact) mass is 417 g/mol. The van der Waals surface area contributed by atoms with Gasteiger partial charge in [-0.2, -0.15) is 0 Å². The third-order valence-corrected chi connectivity index (χ3v) is 5.36. The van der Waals surface area contributed by atoms with Gasteiger partial charge in [-0.3, -0.25) is 4.57 Å². The van der Waals surface area contributed by atoms with E-state index in [0.717, 1.165) is 33.3 Å². The number of hydrogen-bond acceptors (Lipinski definition) is 4. The molecule has 130 valence electrons. The van der Waals surface area contributed by atoms with Crippen LogP contribution in [0.4, 0.5) is 0 Å². The molecule has 0 aliphatic rings. The van der Waals surface area contributed by atoms with Crippen molar-refractivity contribution < 1.29 is 4.74 Å². The molecule has 0 bridgehead atoms. The normalized spacial score (nSPS) is 11.0. The zero-order valence-corrected chi connectivity index (χ0v) is 16.7. The van der Waals surface area contributed by atoms with E-state index in [1.807, 2.05) is 0 Å². The Morgan fingerprint density at radius 1 is 1.12 bits per heavy atom. The minimum atomic E-state index is 0.628. The van der Waals surface area contributed by atoms with E-state index in [1.165, 1.54) is 11.1 Å². The van der Waals surface area contributed by atoms with Crippen molar-refractivity contribution in [3.05, 3.63) is 64.1 Å². The summed E-state index contributed by atoms with van der Waals surface area (Å²) in [7, 11) is 1.71. The van der Waals surface area contributed by atoms with E-state index < -0.39 is 0 Å². The molecule has 1 aromatic heterocycles. The summed E-state index contributed by atoms with van der Waals surface area (Å²) in [5, 5.41) is 9.77. The summed E-state index contributed by atoms with van der Waals surface area (Å²) in [6, 6.07) is 16.7. The number of rotatable bonds is 7. The summed E-state index contributed by atoms with van der Waals surface area (Å²) >= 11 is 5.16. The average Bonchev–Trinajstić information content (AvgIpc) is 3.02. The summed E-state index contributed by atoms with van der Waals surface area (Å²) in [5.41, 5.74) is 3.55. The van der Waals surface area contributed by atoms with Crippen LogP contribution in [0.2, 0.25) is 0 Å². The van der Waals surface area contributed by atoms with Crippen molar-refractivity contribution in [3.63, 3.8) is 0 Å². The predicted molar refractivity (Wildman–Crippen MR) is 106 cm³/mol. The maximum atomic E-state index is 5.27. The zero-order chi connectivity index (χ0) is 17.6. The van der Waals surface area contributed by atoms with Crippen LogP contribution in [-0.2, 0) is 17.0 Å². The van der Waals surface area contributed by atoms with Crippen molar-refractivity contribution in [1.82, 2.24) is 14.8 Å². The van der Waals surface area contributed by atoms with Crippen LogP contribution < -0.4 is 0 Å². The molecule has 0 aliphatic carbocycles. The number of thioether (sulfide) groups is 1. The van der Waals surface area contributed by atoms with E-state index in [9.17, 15) is 0 Å². The molecular formula is C19H20BrN3OS. The van der Waals surface area contributed by atoms with Crippen molar-refractivity contribution in [3.8, 4) is 11.4 Å². The van der Waals surface area contributed by atoms with Gasteiger partial charge in [-0.25, -0.2) is 0 Å². The SMILES string of the molecule is COCCn1c(SCc2ccc(Br)cc2)nnc1-c1cccc(C)c1. The highest BCUT2D eigenvalue weighted by atomic mass is 79.9.